The number of esters is 1. The molecular formula is C13H17NO3. The zero-order valence-electron chi connectivity index (χ0n) is 10.3. The van der Waals surface area contributed by atoms with Crippen molar-refractivity contribution in [3.63, 3.8) is 0 Å². The minimum absolute atomic E-state index is 0.0367. The second-order valence-electron chi connectivity index (χ2n) is 3.99. The van der Waals surface area contributed by atoms with E-state index in [-0.39, 0.29) is 24.4 Å². The number of para-hydroxylation sites is 1. The van der Waals surface area contributed by atoms with Crippen molar-refractivity contribution < 1.29 is 14.3 Å². The summed E-state index contributed by atoms with van der Waals surface area (Å²) >= 11 is 0. The van der Waals surface area contributed by atoms with Crippen LogP contribution in [-0.4, -0.2) is 24.4 Å². The van der Waals surface area contributed by atoms with Gasteiger partial charge in [-0.15, -0.1) is 0 Å². The van der Waals surface area contributed by atoms with Gasteiger partial charge in [0, 0.05) is 11.3 Å². The predicted octanol–water partition coefficient (Wildman–Crippen LogP) is 2.25. The third-order valence-corrected chi connectivity index (χ3v) is 2.10. The summed E-state index contributed by atoms with van der Waals surface area (Å²) in [4.78, 5) is 22.7. The number of hydrogen-bond donors (Lipinski definition) is 1. The Morgan fingerprint density at radius 2 is 1.94 bits per heavy atom. The Kier molecular flexibility index (Phi) is 4.69. The monoisotopic (exact) mass is 235 g/mol. The quantitative estimate of drug-likeness (QED) is 0.628. The summed E-state index contributed by atoms with van der Waals surface area (Å²) in [5.74, 6) is -0.372. The van der Waals surface area contributed by atoms with E-state index in [1.807, 2.05) is 6.07 Å². The SMILES string of the molecule is CC(=O)c1ccccc1NCC(=O)OC(C)C. The van der Waals surface area contributed by atoms with Gasteiger partial charge in [-0.2, -0.15) is 0 Å². The molecular weight excluding hydrogens is 218 g/mol. The van der Waals surface area contributed by atoms with Gasteiger partial charge in [0.05, 0.1) is 6.10 Å². The summed E-state index contributed by atoms with van der Waals surface area (Å²) in [7, 11) is 0. The van der Waals surface area contributed by atoms with Crippen LogP contribution in [0.25, 0.3) is 0 Å². The molecule has 0 spiro atoms. The first-order chi connectivity index (χ1) is 8.00. The summed E-state index contributed by atoms with van der Waals surface area (Å²) in [5.41, 5.74) is 1.23. The maximum Gasteiger partial charge on any atom is 0.325 e. The molecule has 0 aliphatic heterocycles. The molecule has 17 heavy (non-hydrogen) atoms. The fourth-order valence-electron chi connectivity index (χ4n) is 1.42. The summed E-state index contributed by atoms with van der Waals surface area (Å²) in [6, 6.07) is 7.08. The van der Waals surface area contributed by atoms with Gasteiger partial charge in [0.2, 0.25) is 0 Å². The molecule has 0 amide bonds. The van der Waals surface area contributed by atoms with E-state index in [0.717, 1.165) is 0 Å². The van der Waals surface area contributed by atoms with Gasteiger partial charge >= 0.3 is 5.97 Å². The van der Waals surface area contributed by atoms with Gasteiger partial charge in [-0.3, -0.25) is 9.59 Å². The van der Waals surface area contributed by atoms with Crippen molar-refractivity contribution in [3.05, 3.63) is 29.8 Å². The van der Waals surface area contributed by atoms with Crippen LogP contribution < -0.4 is 5.32 Å². The Morgan fingerprint density at radius 1 is 1.29 bits per heavy atom. The third kappa shape index (κ3) is 4.26. The molecule has 1 aromatic rings. The molecule has 0 fully saturated rings. The van der Waals surface area contributed by atoms with Crippen LogP contribution in [0.3, 0.4) is 0 Å². The smallest absolute Gasteiger partial charge is 0.325 e. The van der Waals surface area contributed by atoms with E-state index >= 15 is 0 Å². The van der Waals surface area contributed by atoms with Gasteiger partial charge in [-0.05, 0) is 32.9 Å². The van der Waals surface area contributed by atoms with Gasteiger partial charge in [-0.1, -0.05) is 12.1 Å². The molecule has 0 radical (unpaired) electrons. The number of carbonyl (C=O) groups excluding carboxylic acids is 2. The number of anilines is 1. The highest BCUT2D eigenvalue weighted by Gasteiger charge is 2.09. The van der Waals surface area contributed by atoms with Crippen LogP contribution in [0.1, 0.15) is 31.1 Å². The fraction of sp³-hybridized carbons (Fsp3) is 0.385. The Labute approximate surface area is 101 Å². The summed E-state index contributed by atoms with van der Waals surface area (Å²) in [6.07, 6.45) is -0.132. The molecule has 1 N–H and O–H groups in total. The zero-order valence-corrected chi connectivity index (χ0v) is 10.3. The molecule has 1 rings (SSSR count). The van der Waals surface area contributed by atoms with E-state index in [9.17, 15) is 9.59 Å². The highest BCUT2D eigenvalue weighted by atomic mass is 16.5. The summed E-state index contributed by atoms with van der Waals surface area (Å²) in [6.45, 7) is 5.14. The Hall–Kier alpha value is -1.84. The zero-order chi connectivity index (χ0) is 12.8. The van der Waals surface area contributed by atoms with Crippen LogP contribution in [0.2, 0.25) is 0 Å². The molecule has 0 aromatic heterocycles. The van der Waals surface area contributed by atoms with Crippen LogP contribution in [0.15, 0.2) is 24.3 Å². The average molecular weight is 235 g/mol. The molecule has 4 heteroatoms. The minimum atomic E-state index is -0.335. The number of rotatable bonds is 5. The first kappa shape index (κ1) is 13.2. The maximum absolute atomic E-state index is 11.3. The molecule has 0 unspecified atom stereocenters. The number of Topliss-reactive ketones (excluding diaryl/α,β-unsaturated/α-hetero) is 1. The van der Waals surface area contributed by atoms with Crippen molar-refractivity contribution in [3.8, 4) is 0 Å². The molecule has 4 nitrogen and oxygen atoms in total. The third-order valence-electron chi connectivity index (χ3n) is 2.10. The van der Waals surface area contributed by atoms with Crippen molar-refractivity contribution in [1.29, 1.82) is 0 Å². The molecule has 0 saturated heterocycles. The average Bonchev–Trinajstić information content (AvgIpc) is 2.25. The van der Waals surface area contributed by atoms with Gasteiger partial charge in [0.25, 0.3) is 0 Å². The van der Waals surface area contributed by atoms with E-state index in [1.165, 1.54) is 6.92 Å². The molecule has 0 saturated carbocycles. The molecule has 0 bridgehead atoms. The van der Waals surface area contributed by atoms with Crippen LogP contribution >= 0.6 is 0 Å². The first-order valence-corrected chi connectivity index (χ1v) is 5.54. The van der Waals surface area contributed by atoms with E-state index in [2.05, 4.69) is 5.32 Å². The number of ether oxygens (including phenoxy) is 1. The number of ketones is 1. The van der Waals surface area contributed by atoms with Crippen molar-refractivity contribution in [2.24, 2.45) is 0 Å². The second kappa shape index (κ2) is 6.03. The van der Waals surface area contributed by atoms with Crippen LogP contribution in [0, 0.1) is 0 Å². The molecule has 0 aliphatic rings. The van der Waals surface area contributed by atoms with Gasteiger partial charge < -0.3 is 10.1 Å². The Bertz CT molecular complexity index is 413. The van der Waals surface area contributed by atoms with E-state index < -0.39 is 0 Å². The lowest BCUT2D eigenvalue weighted by Crippen LogP contribution is -2.21. The van der Waals surface area contributed by atoms with Crippen LogP contribution in [0.4, 0.5) is 5.69 Å². The molecule has 1 aromatic carbocycles. The number of carbonyl (C=O) groups is 2. The predicted molar refractivity (Wildman–Crippen MR) is 66.2 cm³/mol. The van der Waals surface area contributed by atoms with E-state index in [4.69, 9.17) is 4.74 Å². The topological polar surface area (TPSA) is 55.4 Å². The molecule has 92 valence electrons. The summed E-state index contributed by atoms with van der Waals surface area (Å²) in [5, 5.41) is 2.90. The largest absolute Gasteiger partial charge is 0.462 e. The van der Waals surface area contributed by atoms with Gasteiger partial charge in [0.15, 0.2) is 5.78 Å². The molecule has 0 aliphatic carbocycles. The van der Waals surface area contributed by atoms with Crippen molar-refractivity contribution in [2.45, 2.75) is 26.9 Å². The maximum atomic E-state index is 11.3. The van der Waals surface area contributed by atoms with Gasteiger partial charge in [0.1, 0.15) is 6.54 Å². The highest BCUT2D eigenvalue weighted by molar-refractivity contribution is 5.99. The molecule has 0 atom stereocenters. The number of hydrogen-bond acceptors (Lipinski definition) is 4. The Balaban J connectivity index is 2.63. The van der Waals surface area contributed by atoms with Crippen molar-refractivity contribution in [1.82, 2.24) is 0 Å². The lowest BCUT2D eigenvalue weighted by atomic mass is 10.1. The standard InChI is InChI=1S/C13H17NO3/c1-9(2)17-13(16)8-14-12-7-5-4-6-11(12)10(3)15/h4-7,9,14H,8H2,1-3H3. The highest BCUT2D eigenvalue weighted by Crippen LogP contribution is 2.15. The van der Waals surface area contributed by atoms with Gasteiger partial charge in [-0.25, -0.2) is 0 Å². The lowest BCUT2D eigenvalue weighted by molar-refractivity contribution is -0.145. The molecule has 0 heterocycles. The van der Waals surface area contributed by atoms with Crippen LogP contribution in [0.5, 0.6) is 0 Å². The van der Waals surface area contributed by atoms with E-state index in [1.54, 1.807) is 32.0 Å². The van der Waals surface area contributed by atoms with Crippen molar-refractivity contribution in [2.75, 3.05) is 11.9 Å². The second-order valence-corrected chi connectivity index (χ2v) is 3.99. The van der Waals surface area contributed by atoms with Crippen LogP contribution in [-0.2, 0) is 9.53 Å². The van der Waals surface area contributed by atoms with E-state index in [0.29, 0.717) is 11.3 Å². The van der Waals surface area contributed by atoms with Crippen molar-refractivity contribution >= 4 is 17.4 Å². The Morgan fingerprint density at radius 3 is 2.53 bits per heavy atom. The fourth-order valence-corrected chi connectivity index (χ4v) is 1.42. The summed E-state index contributed by atoms with van der Waals surface area (Å²) < 4.78 is 4.99. The minimum Gasteiger partial charge on any atom is -0.462 e. The lowest BCUT2D eigenvalue weighted by Gasteiger charge is -2.11. The first-order valence-electron chi connectivity index (χ1n) is 5.54. The number of benzene rings is 1. The normalized spacial score (nSPS) is 10.1. The number of nitrogens with one attached hydrogen (secondary N) is 1.